The van der Waals surface area contributed by atoms with Gasteiger partial charge in [0.1, 0.15) is 0 Å². The van der Waals surface area contributed by atoms with Crippen LogP contribution in [0.25, 0.3) is 0 Å². The summed E-state index contributed by atoms with van der Waals surface area (Å²) in [7, 11) is -3.35. The van der Waals surface area contributed by atoms with Crippen molar-refractivity contribution in [1.29, 1.82) is 0 Å². The maximum atomic E-state index is 11.6. The van der Waals surface area contributed by atoms with E-state index in [4.69, 9.17) is 0 Å². The number of hydrogen-bond acceptors (Lipinski definition) is 3. The van der Waals surface area contributed by atoms with E-state index in [-0.39, 0.29) is 0 Å². The van der Waals surface area contributed by atoms with Crippen LogP contribution in [0, 0.1) is 0 Å². The summed E-state index contributed by atoms with van der Waals surface area (Å²) >= 11 is 0. The van der Waals surface area contributed by atoms with E-state index in [0.29, 0.717) is 0 Å². The van der Waals surface area contributed by atoms with Gasteiger partial charge in [-0.1, -0.05) is 0 Å². The molecule has 5 heteroatoms. The molecule has 0 unspecified atom stereocenters. The molecule has 0 fully saturated rings. The highest BCUT2D eigenvalue weighted by Crippen LogP contribution is 2.22. The van der Waals surface area contributed by atoms with Crippen molar-refractivity contribution < 1.29 is 13.5 Å². The number of aliphatic hydroxyl groups is 1. The molecule has 0 radical (unpaired) electrons. The van der Waals surface area contributed by atoms with Crippen LogP contribution < -0.4 is 4.72 Å². The fourth-order valence-corrected chi connectivity index (χ4v) is 1.80. The van der Waals surface area contributed by atoms with Gasteiger partial charge in [0.15, 0.2) is 0 Å². The third-order valence-corrected chi connectivity index (χ3v) is 4.58. The van der Waals surface area contributed by atoms with Gasteiger partial charge >= 0.3 is 0 Å². The van der Waals surface area contributed by atoms with E-state index in [1.807, 2.05) is 0 Å². The molecule has 0 aromatic heterocycles. The second-order valence-corrected chi connectivity index (χ2v) is 7.12. The van der Waals surface area contributed by atoms with Crippen LogP contribution >= 0.6 is 0 Å². The van der Waals surface area contributed by atoms with E-state index in [0.717, 1.165) is 0 Å². The fourth-order valence-electron chi connectivity index (χ4n) is 0.598. The quantitative estimate of drug-likeness (QED) is 0.743. The van der Waals surface area contributed by atoms with E-state index in [1.165, 1.54) is 0 Å². The summed E-state index contributed by atoms with van der Waals surface area (Å²) in [5.41, 5.74) is -1.98. The SMILES string of the molecule is CC(C)S(=O)(=O)NC(C)(C)C(C)(C)O. The van der Waals surface area contributed by atoms with Crippen molar-refractivity contribution in [2.24, 2.45) is 0 Å². The zero-order valence-electron chi connectivity index (χ0n) is 9.75. The Balaban J connectivity index is 4.87. The van der Waals surface area contributed by atoms with E-state index in [9.17, 15) is 13.5 Å². The van der Waals surface area contributed by atoms with Crippen LogP contribution in [0.1, 0.15) is 41.5 Å². The predicted molar refractivity (Wildman–Crippen MR) is 57.6 cm³/mol. The largest absolute Gasteiger partial charge is 0.389 e. The Hall–Kier alpha value is -0.130. The van der Waals surface area contributed by atoms with E-state index >= 15 is 0 Å². The molecule has 0 heterocycles. The van der Waals surface area contributed by atoms with Gasteiger partial charge in [0.05, 0.1) is 16.4 Å². The molecule has 0 saturated heterocycles. The van der Waals surface area contributed by atoms with Crippen LogP contribution in [0.5, 0.6) is 0 Å². The minimum Gasteiger partial charge on any atom is -0.389 e. The standard InChI is InChI=1S/C9H21NO3S/c1-7(2)14(12,13)10-8(3,4)9(5,6)11/h7,10-11H,1-6H3. The van der Waals surface area contributed by atoms with Gasteiger partial charge < -0.3 is 5.11 Å². The Morgan fingerprint density at radius 3 is 1.71 bits per heavy atom. The molecule has 4 nitrogen and oxygen atoms in total. The van der Waals surface area contributed by atoms with Crippen molar-refractivity contribution in [2.45, 2.75) is 57.9 Å². The summed E-state index contributed by atoms with van der Waals surface area (Å²) in [4.78, 5) is 0. The average molecular weight is 223 g/mol. The van der Waals surface area contributed by atoms with Crippen LogP contribution in [0.15, 0.2) is 0 Å². The Labute approximate surface area is 86.8 Å². The first-order valence-corrected chi connectivity index (χ1v) is 6.20. The van der Waals surface area contributed by atoms with Gasteiger partial charge in [-0.25, -0.2) is 13.1 Å². The molecule has 2 N–H and O–H groups in total. The molecular formula is C9H21NO3S. The highest BCUT2D eigenvalue weighted by Gasteiger charge is 2.38. The lowest BCUT2D eigenvalue weighted by atomic mass is 9.87. The summed E-state index contributed by atoms with van der Waals surface area (Å²) in [5.74, 6) is 0. The molecule has 0 bridgehead atoms. The summed E-state index contributed by atoms with van der Waals surface area (Å²) in [5, 5.41) is 9.27. The van der Waals surface area contributed by atoms with E-state index < -0.39 is 26.4 Å². The smallest absolute Gasteiger partial charge is 0.214 e. The molecule has 0 aromatic rings. The van der Waals surface area contributed by atoms with Gasteiger partial charge in [-0.3, -0.25) is 0 Å². The second-order valence-electron chi connectivity index (χ2n) is 4.88. The van der Waals surface area contributed by atoms with Crippen LogP contribution in [0.4, 0.5) is 0 Å². The third-order valence-electron chi connectivity index (χ3n) is 2.55. The Morgan fingerprint density at radius 1 is 1.14 bits per heavy atom. The monoisotopic (exact) mass is 223 g/mol. The number of hydrogen-bond donors (Lipinski definition) is 2. The van der Waals surface area contributed by atoms with Gasteiger partial charge in [-0.05, 0) is 41.5 Å². The van der Waals surface area contributed by atoms with Crippen molar-refractivity contribution in [3.05, 3.63) is 0 Å². The zero-order valence-corrected chi connectivity index (χ0v) is 10.6. The molecule has 0 atom stereocenters. The molecule has 0 rings (SSSR count). The first kappa shape index (κ1) is 13.9. The maximum absolute atomic E-state index is 11.6. The lowest BCUT2D eigenvalue weighted by Crippen LogP contribution is -2.58. The molecule has 0 amide bonds. The predicted octanol–water partition coefficient (Wildman–Crippen LogP) is 0.864. The second kappa shape index (κ2) is 3.79. The minimum atomic E-state index is -3.35. The Kier molecular flexibility index (Phi) is 3.76. The van der Waals surface area contributed by atoms with Gasteiger partial charge in [0.25, 0.3) is 0 Å². The lowest BCUT2D eigenvalue weighted by molar-refractivity contribution is 0.00631. The molecule has 0 spiro atoms. The number of nitrogens with one attached hydrogen (secondary N) is 1. The van der Waals surface area contributed by atoms with E-state index in [1.54, 1.807) is 41.5 Å². The van der Waals surface area contributed by atoms with Crippen LogP contribution in [0.2, 0.25) is 0 Å². The molecule has 0 saturated carbocycles. The van der Waals surface area contributed by atoms with Gasteiger partial charge in [0, 0.05) is 0 Å². The molecule has 14 heavy (non-hydrogen) atoms. The van der Waals surface area contributed by atoms with Gasteiger partial charge in [0.2, 0.25) is 10.0 Å². The van der Waals surface area contributed by atoms with Crippen molar-refractivity contribution in [2.75, 3.05) is 0 Å². The molecule has 0 aliphatic carbocycles. The van der Waals surface area contributed by atoms with Crippen LogP contribution in [-0.2, 0) is 10.0 Å². The first-order chi connectivity index (χ1) is 5.90. The molecule has 86 valence electrons. The van der Waals surface area contributed by atoms with Crippen LogP contribution in [0.3, 0.4) is 0 Å². The summed E-state index contributed by atoms with van der Waals surface area (Å²) in [6.45, 7) is 9.68. The average Bonchev–Trinajstić information content (AvgIpc) is 1.80. The van der Waals surface area contributed by atoms with Crippen molar-refractivity contribution in [3.63, 3.8) is 0 Å². The number of sulfonamides is 1. The fraction of sp³-hybridized carbons (Fsp3) is 1.00. The lowest BCUT2D eigenvalue weighted by Gasteiger charge is -2.38. The van der Waals surface area contributed by atoms with E-state index in [2.05, 4.69) is 4.72 Å². The van der Waals surface area contributed by atoms with Crippen molar-refractivity contribution >= 4 is 10.0 Å². The van der Waals surface area contributed by atoms with Crippen LogP contribution in [-0.4, -0.2) is 29.9 Å². The Bertz CT molecular complexity index is 286. The maximum Gasteiger partial charge on any atom is 0.214 e. The molecule has 0 aliphatic rings. The third kappa shape index (κ3) is 3.22. The minimum absolute atomic E-state index is 0.496. The summed E-state index contributed by atoms with van der Waals surface area (Å²) in [6.07, 6.45) is 0. The van der Waals surface area contributed by atoms with Gasteiger partial charge in [-0.2, -0.15) is 0 Å². The molecular weight excluding hydrogens is 202 g/mol. The first-order valence-electron chi connectivity index (χ1n) is 4.65. The highest BCUT2D eigenvalue weighted by atomic mass is 32.2. The molecule has 0 aliphatic heterocycles. The summed E-state index contributed by atoms with van der Waals surface area (Å²) < 4.78 is 25.6. The zero-order chi connectivity index (χ0) is 11.8. The highest BCUT2D eigenvalue weighted by molar-refractivity contribution is 7.90. The normalized spacial score (nSPS) is 14.9. The number of rotatable bonds is 4. The van der Waals surface area contributed by atoms with Gasteiger partial charge in [-0.15, -0.1) is 0 Å². The Morgan fingerprint density at radius 2 is 1.50 bits per heavy atom. The van der Waals surface area contributed by atoms with Crippen molar-refractivity contribution in [1.82, 2.24) is 4.72 Å². The molecule has 0 aromatic carbocycles. The van der Waals surface area contributed by atoms with Crippen molar-refractivity contribution in [3.8, 4) is 0 Å². The topological polar surface area (TPSA) is 66.4 Å². The summed E-state index contributed by atoms with van der Waals surface area (Å²) in [6, 6.07) is 0.